The van der Waals surface area contributed by atoms with Crippen LogP contribution >= 0.6 is 0 Å². The summed E-state index contributed by atoms with van der Waals surface area (Å²) >= 11 is 0. The van der Waals surface area contributed by atoms with Crippen LogP contribution in [-0.4, -0.2) is 33.7 Å². The number of ether oxygens (including phenoxy) is 1. The molecule has 0 bridgehead atoms. The lowest BCUT2D eigenvalue weighted by Crippen LogP contribution is -2.45. The number of benzene rings is 1. The standard InChI is InChI=1S/C15H21NO4/c1-11(13(17)18)16(14(19)20-15(2,3)4)10-12-8-6-5-7-9-12/h5-9,11H,10H2,1-4H3,(H,17,18)/t11-/m0/s1. The molecule has 0 aliphatic carbocycles. The Morgan fingerprint density at radius 2 is 1.80 bits per heavy atom. The number of carbonyl (C=O) groups is 2. The van der Waals surface area contributed by atoms with E-state index in [9.17, 15) is 9.59 Å². The fourth-order valence-electron chi connectivity index (χ4n) is 1.59. The number of carbonyl (C=O) groups excluding carboxylic acids is 1. The average molecular weight is 279 g/mol. The molecule has 5 nitrogen and oxygen atoms in total. The molecule has 20 heavy (non-hydrogen) atoms. The van der Waals surface area contributed by atoms with Gasteiger partial charge in [-0.1, -0.05) is 30.3 Å². The summed E-state index contributed by atoms with van der Waals surface area (Å²) in [5, 5.41) is 9.13. The smallest absolute Gasteiger partial charge is 0.411 e. The molecule has 1 N–H and O–H groups in total. The summed E-state index contributed by atoms with van der Waals surface area (Å²) in [5.41, 5.74) is 0.191. The second kappa shape index (κ2) is 6.41. The molecule has 0 heterocycles. The Bertz CT molecular complexity index is 465. The van der Waals surface area contributed by atoms with Crippen molar-refractivity contribution in [2.45, 2.75) is 45.9 Å². The molecule has 1 rings (SSSR count). The first kappa shape index (κ1) is 16.0. The summed E-state index contributed by atoms with van der Waals surface area (Å²) in [5.74, 6) is -1.06. The largest absolute Gasteiger partial charge is 0.480 e. The lowest BCUT2D eigenvalue weighted by atomic mass is 10.2. The van der Waals surface area contributed by atoms with Crippen molar-refractivity contribution in [2.75, 3.05) is 0 Å². The minimum Gasteiger partial charge on any atom is -0.480 e. The van der Waals surface area contributed by atoms with Crippen LogP contribution in [0.15, 0.2) is 30.3 Å². The zero-order valence-electron chi connectivity index (χ0n) is 12.3. The molecule has 0 spiro atoms. The van der Waals surface area contributed by atoms with Crippen LogP contribution in [0, 0.1) is 0 Å². The predicted molar refractivity (Wildman–Crippen MR) is 75.3 cm³/mol. The van der Waals surface area contributed by atoms with Crippen molar-refractivity contribution in [2.24, 2.45) is 0 Å². The summed E-state index contributed by atoms with van der Waals surface area (Å²) in [6.45, 7) is 6.91. The zero-order chi connectivity index (χ0) is 15.3. The third-order valence-corrected chi connectivity index (χ3v) is 2.65. The van der Waals surface area contributed by atoms with E-state index < -0.39 is 23.7 Å². The highest BCUT2D eigenvalue weighted by molar-refractivity contribution is 5.79. The number of rotatable bonds is 4. The fraction of sp³-hybridized carbons (Fsp3) is 0.467. The third kappa shape index (κ3) is 4.91. The SMILES string of the molecule is C[C@@H](C(=O)O)N(Cc1ccccc1)C(=O)OC(C)(C)C. The van der Waals surface area contributed by atoms with Crippen molar-refractivity contribution in [1.82, 2.24) is 4.90 Å². The molecule has 0 fully saturated rings. The molecule has 5 heteroatoms. The van der Waals surface area contributed by atoms with Crippen LogP contribution in [-0.2, 0) is 16.1 Å². The van der Waals surface area contributed by atoms with Crippen LogP contribution in [0.25, 0.3) is 0 Å². The zero-order valence-corrected chi connectivity index (χ0v) is 12.3. The molecule has 110 valence electrons. The van der Waals surface area contributed by atoms with Gasteiger partial charge < -0.3 is 9.84 Å². The van der Waals surface area contributed by atoms with E-state index in [1.807, 2.05) is 30.3 Å². The highest BCUT2D eigenvalue weighted by atomic mass is 16.6. The van der Waals surface area contributed by atoms with E-state index in [-0.39, 0.29) is 6.54 Å². The van der Waals surface area contributed by atoms with Crippen molar-refractivity contribution < 1.29 is 19.4 Å². The predicted octanol–water partition coefficient (Wildman–Crippen LogP) is 2.90. The van der Waals surface area contributed by atoms with E-state index in [0.29, 0.717) is 0 Å². The molecule has 0 saturated carbocycles. The van der Waals surface area contributed by atoms with Crippen LogP contribution < -0.4 is 0 Å². The first-order valence-corrected chi connectivity index (χ1v) is 6.47. The summed E-state index contributed by atoms with van der Waals surface area (Å²) in [6.07, 6.45) is -0.628. The Kier molecular flexibility index (Phi) is 5.13. The maximum atomic E-state index is 12.1. The monoisotopic (exact) mass is 279 g/mol. The number of carboxylic acid groups (broad SMARTS) is 1. The quantitative estimate of drug-likeness (QED) is 0.920. The Hall–Kier alpha value is -2.04. The van der Waals surface area contributed by atoms with E-state index in [1.165, 1.54) is 11.8 Å². The average Bonchev–Trinajstić information content (AvgIpc) is 2.34. The second-order valence-electron chi connectivity index (χ2n) is 5.61. The minimum absolute atomic E-state index is 0.198. The number of hydrogen-bond acceptors (Lipinski definition) is 3. The lowest BCUT2D eigenvalue weighted by molar-refractivity contribution is -0.142. The van der Waals surface area contributed by atoms with Crippen LogP contribution in [0.5, 0.6) is 0 Å². The maximum absolute atomic E-state index is 12.1. The Morgan fingerprint density at radius 1 is 1.25 bits per heavy atom. The summed E-state index contributed by atoms with van der Waals surface area (Å²) in [6, 6.07) is 8.27. The molecule has 1 amide bonds. The van der Waals surface area contributed by atoms with E-state index in [0.717, 1.165) is 5.56 Å². The highest BCUT2D eigenvalue weighted by Crippen LogP contribution is 2.15. The first-order chi connectivity index (χ1) is 9.20. The summed E-state index contributed by atoms with van der Waals surface area (Å²) in [7, 11) is 0. The Labute approximate surface area is 119 Å². The van der Waals surface area contributed by atoms with Crippen molar-refractivity contribution in [3.05, 3.63) is 35.9 Å². The highest BCUT2D eigenvalue weighted by Gasteiger charge is 2.29. The van der Waals surface area contributed by atoms with E-state index in [1.54, 1.807) is 20.8 Å². The van der Waals surface area contributed by atoms with Gasteiger partial charge in [0.15, 0.2) is 0 Å². The van der Waals surface area contributed by atoms with Gasteiger partial charge in [0.05, 0.1) is 0 Å². The molecule has 1 aromatic rings. The van der Waals surface area contributed by atoms with Crippen LogP contribution in [0.3, 0.4) is 0 Å². The van der Waals surface area contributed by atoms with Crippen molar-refractivity contribution in [3.8, 4) is 0 Å². The van der Waals surface area contributed by atoms with Gasteiger partial charge in [0, 0.05) is 6.54 Å². The normalized spacial score (nSPS) is 12.6. The van der Waals surface area contributed by atoms with Gasteiger partial charge in [0.1, 0.15) is 11.6 Å². The number of hydrogen-bond donors (Lipinski definition) is 1. The van der Waals surface area contributed by atoms with Gasteiger partial charge in [0.2, 0.25) is 0 Å². The maximum Gasteiger partial charge on any atom is 0.411 e. The van der Waals surface area contributed by atoms with Gasteiger partial charge in [-0.2, -0.15) is 0 Å². The minimum atomic E-state index is -1.06. The van der Waals surface area contributed by atoms with Gasteiger partial charge in [0.25, 0.3) is 0 Å². The van der Waals surface area contributed by atoms with Crippen molar-refractivity contribution >= 4 is 12.1 Å². The molecular formula is C15H21NO4. The Morgan fingerprint density at radius 3 is 2.25 bits per heavy atom. The number of aliphatic carboxylic acids is 1. The number of nitrogens with zero attached hydrogens (tertiary/aromatic N) is 1. The molecule has 0 unspecified atom stereocenters. The van der Waals surface area contributed by atoms with Crippen molar-refractivity contribution in [1.29, 1.82) is 0 Å². The molecule has 0 aliphatic heterocycles. The first-order valence-electron chi connectivity index (χ1n) is 6.47. The van der Waals surface area contributed by atoms with Gasteiger partial charge in [-0.3, -0.25) is 4.90 Å². The molecule has 0 radical (unpaired) electrons. The number of carboxylic acids is 1. The van der Waals surface area contributed by atoms with Gasteiger partial charge >= 0.3 is 12.1 Å². The molecule has 0 aliphatic rings. The van der Waals surface area contributed by atoms with E-state index in [4.69, 9.17) is 9.84 Å². The van der Waals surface area contributed by atoms with Crippen LogP contribution in [0.4, 0.5) is 4.79 Å². The topological polar surface area (TPSA) is 66.8 Å². The van der Waals surface area contributed by atoms with Crippen molar-refractivity contribution in [3.63, 3.8) is 0 Å². The molecule has 1 aromatic carbocycles. The Balaban J connectivity index is 2.91. The summed E-state index contributed by atoms with van der Waals surface area (Å²) in [4.78, 5) is 24.5. The lowest BCUT2D eigenvalue weighted by Gasteiger charge is -2.29. The summed E-state index contributed by atoms with van der Waals surface area (Å²) < 4.78 is 5.27. The van der Waals surface area contributed by atoms with Gasteiger partial charge in [-0.25, -0.2) is 9.59 Å². The molecule has 1 atom stereocenters. The van der Waals surface area contributed by atoms with E-state index in [2.05, 4.69) is 0 Å². The third-order valence-electron chi connectivity index (χ3n) is 2.65. The molecule has 0 saturated heterocycles. The van der Waals surface area contributed by atoms with Crippen LogP contribution in [0.2, 0.25) is 0 Å². The van der Waals surface area contributed by atoms with Gasteiger partial charge in [-0.05, 0) is 33.3 Å². The van der Waals surface area contributed by atoms with Crippen LogP contribution in [0.1, 0.15) is 33.3 Å². The molecule has 0 aromatic heterocycles. The second-order valence-corrected chi connectivity index (χ2v) is 5.61. The van der Waals surface area contributed by atoms with Gasteiger partial charge in [-0.15, -0.1) is 0 Å². The fourth-order valence-corrected chi connectivity index (χ4v) is 1.59. The number of amides is 1. The molecular weight excluding hydrogens is 258 g/mol. The van der Waals surface area contributed by atoms with E-state index >= 15 is 0 Å².